The van der Waals surface area contributed by atoms with Gasteiger partial charge in [-0.3, -0.25) is 4.79 Å². The quantitative estimate of drug-likeness (QED) is 0.636. The largest absolute Gasteiger partial charge is 0.481 e. The number of rotatable bonds is 3. The smallest absolute Gasteiger partial charge is 0.309 e. The molecule has 0 aliphatic rings. The number of hydrogen-bond donors (Lipinski definition) is 1. The molecule has 0 saturated carbocycles. The van der Waals surface area contributed by atoms with E-state index in [2.05, 4.69) is 20.9 Å². The molecule has 0 amide bonds. The minimum Gasteiger partial charge on any atom is -0.481 e. The molecule has 0 saturated heterocycles. The lowest BCUT2D eigenvalue weighted by Gasteiger charge is -2.07. The molecule has 7 heteroatoms. The van der Waals surface area contributed by atoms with Gasteiger partial charge in [0, 0.05) is 10.0 Å². The first-order chi connectivity index (χ1) is 6.91. The van der Waals surface area contributed by atoms with Gasteiger partial charge in [-0.2, -0.15) is 0 Å². The third kappa shape index (κ3) is 3.33. The number of nitrogens with zero attached hydrogens (tertiary/aromatic N) is 1. The van der Waals surface area contributed by atoms with E-state index in [4.69, 9.17) is 5.11 Å². The minimum atomic E-state index is -2.72. The summed E-state index contributed by atoms with van der Waals surface area (Å²) >= 11 is 4.90. The molecule has 0 aliphatic carbocycles. The number of alkyl halides is 2. The van der Waals surface area contributed by atoms with Crippen LogP contribution in [0.2, 0.25) is 0 Å². The Hall–Kier alpha value is -0.310. The highest BCUT2D eigenvalue weighted by Crippen LogP contribution is 2.28. The predicted octanol–water partition coefficient (Wildman–Crippen LogP) is 3.01. The summed E-state index contributed by atoms with van der Waals surface area (Å²) in [6.45, 7) is 0. The molecule has 15 heavy (non-hydrogen) atoms. The van der Waals surface area contributed by atoms with Gasteiger partial charge in [0.2, 0.25) is 0 Å². The van der Waals surface area contributed by atoms with Crippen LogP contribution in [0.25, 0.3) is 0 Å². The average Bonchev–Trinajstić information content (AvgIpc) is 2.09. The van der Waals surface area contributed by atoms with Crippen LogP contribution >= 0.6 is 38.5 Å². The number of carbonyl (C=O) groups is 1. The van der Waals surface area contributed by atoms with E-state index in [1.165, 1.54) is 6.07 Å². The van der Waals surface area contributed by atoms with E-state index in [-0.39, 0.29) is 11.3 Å². The van der Waals surface area contributed by atoms with Gasteiger partial charge in [0.05, 0.1) is 12.1 Å². The fourth-order valence-corrected chi connectivity index (χ4v) is 1.77. The number of aliphatic carboxylic acids is 1. The van der Waals surface area contributed by atoms with E-state index >= 15 is 0 Å². The third-order valence-corrected chi connectivity index (χ3v) is 3.77. The molecule has 0 atom stereocenters. The van der Waals surface area contributed by atoms with E-state index < -0.39 is 18.8 Å². The second-order valence-corrected chi connectivity index (χ2v) is 4.54. The van der Waals surface area contributed by atoms with Gasteiger partial charge in [0.25, 0.3) is 6.43 Å². The van der Waals surface area contributed by atoms with Crippen LogP contribution in [0.1, 0.15) is 17.7 Å². The Morgan fingerprint density at radius 1 is 1.67 bits per heavy atom. The average molecular weight is 392 g/mol. The number of pyridine rings is 1. The van der Waals surface area contributed by atoms with Crippen molar-refractivity contribution in [1.29, 1.82) is 0 Å². The summed E-state index contributed by atoms with van der Waals surface area (Å²) in [6.07, 6.45) is -3.22. The number of halogens is 4. The van der Waals surface area contributed by atoms with Crippen molar-refractivity contribution in [3.05, 3.63) is 25.5 Å². The van der Waals surface area contributed by atoms with Crippen molar-refractivity contribution in [3.8, 4) is 0 Å². The van der Waals surface area contributed by atoms with Crippen molar-refractivity contribution in [2.75, 3.05) is 0 Å². The van der Waals surface area contributed by atoms with Gasteiger partial charge in [-0.05, 0) is 44.6 Å². The highest BCUT2D eigenvalue weighted by molar-refractivity contribution is 14.1. The highest BCUT2D eigenvalue weighted by Gasteiger charge is 2.18. The molecule has 1 heterocycles. The number of hydrogen-bond acceptors (Lipinski definition) is 2. The standard InChI is InChI=1S/C8H5BrF2INO2/c9-4-1-3(7(10)11)5(2-6(14)15)13-8(4)12/h1,7H,2H2,(H,14,15). The molecule has 0 bridgehead atoms. The van der Waals surface area contributed by atoms with E-state index in [9.17, 15) is 13.6 Å². The Kier molecular flexibility index (Phi) is 4.38. The zero-order chi connectivity index (χ0) is 11.6. The van der Waals surface area contributed by atoms with Crippen LogP contribution in [-0.2, 0) is 11.2 Å². The zero-order valence-electron chi connectivity index (χ0n) is 7.18. The predicted molar refractivity (Wildman–Crippen MR) is 61.0 cm³/mol. The molecule has 1 aromatic rings. The second-order valence-electron chi connectivity index (χ2n) is 2.67. The summed E-state index contributed by atoms with van der Waals surface area (Å²) in [6, 6.07) is 1.21. The molecule has 0 aliphatic heterocycles. The van der Waals surface area contributed by atoms with Gasteiger partial charge in [0.1, 0.15) is 3.70 Å². The number of aromatic nitrogens is 1. The van der Waals surface area contributed by atoms with Crippen molar-refractivity contribution in [2.24, 2.45) is 0 Å². The molecular weight excluding hydrogens is 387 g/mol. The Bertz CT molecular complexity index is 400. The van der Waals surface area contributed by atoms with Crippen molar-refractivity contribution in [3.63, 3.8) is 0 Å². The monoisotopic (exact) mass is 391 g/mol. The maximum atomic E-state index is 12.5. The molecule has 0 unspecified atom stereocenters. The summed E-state index contributed by atoms with van der Waals surface area (Å²) in [7, 11) is 0. The summed E-state index contributed by atoms with van der Waals surface area (Å²) in [5.41, 5.74) is -0.435. The van der Waals surface area contributed by atoms with E-state index in [0.717, 1.165) is 0 Å². The maximum absolute atomic E-state index is 12.5. The molecule has 1 N–H and O–H groups in total. The lowest BCUT2D eigenvalue weighted by Crippen LogP contribution is -2.08. The maximum Gasteiger partial charge on any atom is 0.309 e. The van der Waals surface area contributed by atoms with Gasteiger partial charge in [0.15, 0.2) is 0 Å². The van der Waals surface area contributed by atoms with Crippen molar-refractivity contribution in [1.82, 2.24) is 4.98 Å². The third-order valence-electron chi connectivity index (χ3n) is 1.60. The van der Waals surface area contributed by atoms with Crippen LogP contribution in [0.4, 0.5) is 8.78 Å². The SMILES string of the molecule is O=C(O)Cc1nc(I)c(Br)cc1C(F)F. The van der Waals surface area contributed by atoms with Gasteiger partial charge in [-0.15, -0.1) is 0 Å². The van der Waals surface area contributed by atoms with Crippen molar-refractivity contribution < 1.29 is 18.7 Å². The van der Waals surface area contributed by atoms with Gasteiger partial charge in [-0.1, -0.05) is 0 Å². The molecule has 1 aromatic heterocycles. The van der Waals surface area contributed by atoms with Gasteiger partial charge in [-0.25, -0.2) is 13.8 Å². The van der Waals surface area contributed by atoms with Crippen LogP contribution in [-0.4, -0.2) is 16.1 Å². The second kappa shape index (κ2) is 5.15. The van der Waals surface area contributed by atoms with Gasteiger partial charge >= 0.3 is 5.97 Å². The molecule has 0 radical (unpaired) electrons. The topological polar surface area (TPSA) is 50.2 Å². The highest BCUT2D eigenvalue weighted by atomic mass is 127. The van der Waals surface area contributed by atoms with Crippen LogP contribution in [0.5, 0.6) is 0 Å². The number of carboxylic acids is 1. The molecule has 0 aromatic carbocycles. The van der Waals surface area contributed by atoms with Crippen LogP contribution in [0.15, 0.2) is 10.5 Å². The normalized spacial score (nSPS) is 10.7. The van der Waals surface area contributed by atoms with Gasteiger partial charge < -0.3 is 5.11 Å². The summed E-state index contributed by atoms with van der Waals surface area (Å²) in [5, 5.41) is 8.53. The molecule has 0 fully saturated rings. The van der Waals surface area contributed by atoms with E-state index in [1.54, 1.807) is 0 Å². The minimum absolute atomic E-state index is 0.0925. The first kappa shape index (κ1) is 12.8. The molecule has 3 nitrogen and oxygen atoms in total. The zero-order valence-corrected chi connectivity index (χ0v) is 10.9. The molecule has 82 valence electrons. The van der Waals surface area contributed by atoms with Crippen molar-refractivity contribution in [2.45, 2.75) is 12.8 Å². The Balaban J connectivity index is 3.21. The first-order valence-electron chi connectivity index (χ1n) is 3.76. The fourth-order valence-electron chi connectivity index (χ4n) is 0.990. The van der Waals surface area contributed by atoms with Crippen LogP contribution < -0.4 is 0 Å². The lowest BCUT2D eigenvalue weighted by atomic mass is 10.1. The summed E-state index contributed by atoms with van der Waals surface area (Å²) in [4.78, 5) is 14.3. The van der Waals surface area contributed by atoms with Crippen LogP contribution in [0.3, 0.4) is 0 Å². The summed E-state index contributed by atoms with van der Waals surface area (Å²) < 4.78 is 26.0. The molecular formula is C8H5BrF2INO2. The van der Waals surface area contributed by atoms with Crippen LogP contribution in [0, 0.1) is 3.70 Å². The Labute approximate surface area is 106 Å². The molecule has 0 spiro atoms. The first-order valence-corrected chi connectivity index (χ1v) is 5.63. The van der Waals surface area contributed by atoms with E-state index in [0.29, 0.717) is 8.17 Å². The van der Waals surface area contributed by atoms with E-state index in [1.807, 2.05) is 22.6 Å². The Morgan fingerprint density at radius 3 is 2.73 bits per heavy atom. The molecule has 1 rings (SSSR count). The summed E-state index contributed by atoms with van der Waals surface area (Å²) in [5.74, 6) is -1.18. The Morgan fingerprint density at radius 2 is 2.27 bits per heavy atom. The fraction of sp³-hybridized carbons (Fsp3) is 0.250. The number of carboxylic acid groups (broad SMARTS) is 1. The van der Waals surface area contributed by atoms with Crippen molar-refractivity contribution >= 4 is 44.5 Å². The lowest BCUT2D eigenvalue weighted by molar-refractivity contribution is -0.136.